The lowest BCUT2D eigenvalue weighted by molar-refractivity contribution is 0.182. The van der Waals surface area contributed by atoms with Gasteiger partial charge in [0.1, 0.15) is 5.02 Å². The number of ether oxygens (including phenoxy) is 1. The molecule has 0 aliphatic carbocycles. The van der Waals surface area contributed by atoms with Gasteiger partial charge in [-0.05, 0) is 38.9 Å². The van der Waals surface area contributed by atoms with Crippen LogP contribution >= 0.6 is 11.6 Å². The van der Waals surface area contributed by atoms with Crippen molar-refractivity contribution in [1.29, 1.82) is 0 Å². The van der Waals surface area contributed by atoms with Gasteiger partial charge >= 0.3 is 0 Å². The van der Waals surface area contributed by atoms with Crippen molar-refractivity contribution in [1.82, 2.24) is 14.7 Å². The highest BCUT2D eigenvalue weighted by Gasteiger charge is 2.17. The minimum atomic E-state index is -0.276. The number of rotatable bonds is 6. The van der Waals surface area contributed by atoms with Gasteiger partial charge in [-0.25, -0.2) is 4.68 Å². The second-order valence-electron chi connectivity index (χ2n) is 5.52. The summed E-state index contributed by atoms with van der Waals surface area (Å²) in [5.74, 6) is 0.619. The second-order valence-corrected chi connectivity index (χ2v) is 5.90. The third kappa shape index (κ3) is 4.43. The number of hydrogen-bond acceptors (Lipinski definition) is 5. The van der Waals surface area contributed by atoms with Gasteiger partial charge in [-0.1, -0.05) is 11.6 Å². The fourth-order valence-electron chi connectivity index (χ4n) is 2.45. The van der Waals surface area contributed by atoms with Crippen LogP contribution in [0.25, 0.3) is 0 Å². The third-order valence-corrected chi connectivity index (χ3v) is 4.28. The number of nitrogens with one attached hydrogen (secondary N) is 1. The third-order valence-electron chi connectivity index (χ3n) is 3.91. The Kier molecular flexibility index (Phi) is 6.02. The Morgan fingerprint density at radius 3 is 2.86 bits per heavy atom. The van der Waals surface area contributed by atoms with Gasteiger partial charge in [-0.15, -0.1) is 0 Å². The summed E-state index contributed by atoms with van der Waals surface area (Å²) in [6.07, 6.45) is 3.95. The highest BCUT2D eigenvalue weighted by molar-refractivity contribution is 6.32. The van der Waals surface area contributed by atoms with Crippen LogP contribution in [-0.2, 0) is 11.3 Å². The predicted molar refractivity (Wildman–Crippen MR) is 84.1 cm³/mol. The number of likely N-dealkylation sites (tertiary alicyclic amines) is 1. The van der Waals surface area contributed by atoms with Gasteiger partial charge in [0.15, 0.2) is 0 Å². The molecule has 0 atom stereocenters. The summed E-state index contributed by atoms with van der Waals surface area (Å²) in [5, 5.41) is 7.59. The van der Waals surface area contributed by atoms with Gasteiger partial charge in [0.2, 0.25) is 0 Å². The Bertz CT molecular complexity index is 512. The van der Waals surface area contributed by atoms with Crippen molar-refractivity contribution in [2.24, 2.45) is 5.92 Å². The zero-order chi connectivity index (χ0) is 15.2. The first kappa shape index (κ1) is 16.3. The summed E-state index contributed by atoms with van der Waals surface area (Å²) >= 11 is 6.13. The van der Waals surface area contributed by atoms with Gasteiger partial charge in [-0.3, -0.25) is 4.79 Å². The highest BCUT2D eigenvalue weighted by Crippen LogP contribution is 2.19. The number of aromatic nitrogens is 2. The lowest BCUT2D eigenvalue weighted by Gasteiger charge is -2.29. The van der Waals surface area contributed by atoms with E-state index in [-0.39, 0.29) is 10.6 Å². The molecule has 0 amide bonds. The summed E-state index contributed by atoms with van der Waals surface area (Å²) < 4.78 is 6.27. The van der Waals surface area contributed by atoms with Crippen molar-refractivity contribution in [2.75, 3.05) is 45.7 Å². The van der Waals surface area contributed by atoms with E-state index in [1.54, 1.807) is 13.3 Å². The van der Waals surface area contributed by atoms with Crippen molar-refractivity contribution in [3.8, 4) is 0 Å². The van der Waals surface area contributed by atoms with E-state index in [2.05, 4.69) is 22.4 Å². The molecule has 1 fully saturated rings. The fraction of sp³-hybridized carbons (Fsp3) is 0.714. The van der Waals surface area contributed by atoms with Crippen molar-refractivity contribution in [2.45, 2.75) is 19.4 Å². The Labute approximate surface area is 130 Å². The van der Waals surface area contributed by atoms with Crippen LogP contribution in [0.15, 0.2) is 11.0 Å². The molecule has 1 aromatic heterocycles. The molecular weight excluding hydrogens is 292 g/mol. The van der Waals surface area contributed by atoms with Crippen molar-refractivity contribution < 1.29 is 4.74 Å². The van der Waals surface area contributed by atoms with E-state index in [9.17, 15) is 4.79 Å². The van der Waals surface area contributed by atoms with E-state index in [0.717, 1.165) is 19.6 Å². The van der Waals surface area contributed by atoms with Crippen LogP contribution in [0.4, 0.5) is 5.69 Å². The summed E-state index contributed by atoms with van der Waals surface area (Å²) in [6.45, 7) is 3.92. The van der Waals surface area contributed by atoms with E-state index in [1.807, 2.05) is 0 Å². The van der Waals surface area contributed by atoms with E-state index in [1.165, 1.54) is 17.5 Å². The average Bonchev–Trinajstić information content (AvgIpc) is 2.49. The molecule has 0 spiro atoms. The van der Waals surface area contributed by atoms with Gasteiger partial charge in [-0.2, -0.15) is 5.10 Å². The maximum absolute atomic E-state index is 12.1. The highest BCUT2D eigenvalue weighted by atomic mass is 35.5. The molecule has 1 aliphatic rings. The first-order valence-corrected chi connectivity index (χ1v) is 7.66. The van der Waals surface area contributed by atoms with Crippen LogP contribution in [0.5, 0.6) is 0 Å². The first-order chi connectivity index (χ1) is 10.1. The Balaban J connectivity index is 1.94. The molecule has 1 saturated heterocycles. The first-order valence-electron chi connectivity index (χ1n) is 7.28. The lowest BCUT2D eigenvalue weighted by atomic mass is 9.97. The quantitative estimate of drug-likeness (QED) is 0.857. The Morgan fingerprint density at radius 1 is 1.48 bits per heavy atom. The van der Waals surface area contributed by atoms with Gasteiger partial charge in [0.25, 0.3) is 5.56 Å². The monoisotopic (exact) mass is 314 g/mol. The van der Waals surface area contributed by atoms with Crippen LogP contribution in [-0.4, -0.2) is 55.1 Å². The summed E-state index contributed by atoms with van der Waals surface area (Å²) in [5.41, 5.74) is 0.344. The molecule has 7 heteroatoms. The standard InChI is InChI=1S/C14H23ClN4O2/c1-18-5-3-11(4-6-18)9-16-12-10-17-19(7-8-21-2)14(20)13(12)15/h10-11,16H,3-9H2,1-2H3. The molecule has 0 radical (unpaired) electrons. The number of nitrogens with zero attached hydrogens (tertiary/aromatic N) is 3. The topological polar surface area (TPSA) is 59.4 Å². The van der Waals surface area contributed by atoms with Gasteiger partial charge < -0.3 is 15.0 Å². The van der Waals surface area contributed by atoms with Crippen LogP contribution < -0.4 is 10.9 Å². The summed E-state index contributed by atoms with van der Waals surface area (Å²) in [4.78, 5) is 14.4. The molecule has 2 heterocycles. The minimum absolute atomic E-state index is 0.203. The van der Waals surface area contributed by atoms with E-state index in [0.29, 0.717) is 24.8 Å². The van der Waals surface area contributed by atoms with Gasteiger partial charge in [0, 0.05) is 13.7 Å². The van der Waals surface area contributed by atoms with E-state index in [4.69, 9.17) is 16.3 Å². The SMILES string of the molecule is COCCn1ncc(NCC2CCN(C)CC2)c(Cl)c1=O. The normalized spacial score (nSPS) is 17.1. The van der Waals surface area contributed by atoms with Crippen LogP contribution in [0.1, 0.15) is 12.8 Å². The van der Waals surface area contributed by atoms with Crippen LogP contribution in [0, 0.1) is 5.92 Å². The van der Waals surface area contributed by atoms with Crippen molar-refractivity contribution in [3.05, 3.63) is 21.6 Å². The molecule has 0 unspecified atom stereocenters. The largest absolute Gasteiger partial charge is 0.383 e. The Morgan fingerprint density at radius 2 is 2.19 bits per heavy atom. The molecule has 0 bridgehead atoms. The molecule has 1 aliphatic heterocycles. The molecule has 1 N–H and O–H groups in total. The van der Waals surface area contributed by atoms with Crippen molar-refractivity contribution >= 4 is 17.3 Å². The maximum Gasteiger partial charge on any atom is 0.287 e. The molecule has 0 saturated carbocycles. The molecule has 21 heavy (non-hydrogen) atoms. The maximum atomic E-state index is 12.1. The molecule has 1 aromatic rings. The van der Waals surface area contributed by atoms with Crippen LogP contribution in [0.3, 0.4) is 0 Å². The van der Waals surface area contributed by atoms with Crippen molar-refractivity contribution in [3.63, 3.8) is 0 Å². The number of methoxy groups -OCH3 is 1. The molecular formula is C14H23ClN4O2. The zero-order valence-electron chi connectivity index (χ0n) is 12.6. The summed E-state index contributed by atoms with van der Waals surface area (Å²) in [6, 6.07) is 0. The number of anilines is 1. The molecule has 0 aromatic carbocycles. The second kappa shape index (κ2) is 7.77. The molecule has 6 nitrogen and oxygen atoms in total. The number of piperidine rings is 1. The lowest BCUT2D eigenvalue weighted by Crippen LogP contribution is -2.33. The Hall–Kier alpha value is -1.11. The van der Waals surface area contributed by atoms with E-state index < -0.39 is 0 Å². The number of halogens is 1. The molecule has 118 valence electrons. The summed E-state index contributed by atoms with van der Waals surface area (Å²) in [7, 11) is 3.73. The van der Waals surface area contributed by atoms with Crippen LogP contribution in [0.2, 0.25) is 5.02 Å². The minimum Gasteiger partial charge on any atom is -0.383 e. The fourth-order valence-corrected chi connectivity index (χ4v) is 2.66. The van der Waals surface area contributed by atoms with E-state index >= 15 is 0 Å². The molecule has 2 rings (SSSR count). The smallest absolute Gasteiger partial charge is 0.287 e. The zero-order valence-corrected chi connectivity index (χ0v) is 13.4. The predicted octanol–water partition coefficient (Wildman–Crippen LogP) is 1.30. The number of hydrogen-bond donors (Lipinski definition) is 1. The van der Waals surface area contributed by atoms with Gasteiger partial charge in [0.05, 0.1) is 25.0 Å². The average molecular weight is 315 g/mol.